The lowest BCUT2D eigenvalue weighted by atomic mass is 9.34. The predicted octanol–water partition coefficient (Wildman–Crippen LogP) is 8.31. The molecule has 0 aromatic carbocycles. The van der Waals surface area contributed by atoms with Crippen LogP contribution in [0.1, 0.15) is 119 Å². The highest BCUT2D eigenvalue weighted by Gasteiger charge is 2.69. The van der Waals surface area contributed by atoms with Crippen molar-refractivity contribution in [2.24, 2.45) is 57.7 Å². The summed E-state index contributed by atoms with van der Waals surface area (Å²) in [6, 6.07) is 0. The summed E-state index contributed by atoms with van der Waals surface area (Å²) in [7, 11) is 0. The van der Waals surface area contributed by atoms with Crippen LogP contribution in [0.5, 0.6) is 0 Å². The Hall–Kier alpha value is -0.600. The molecule has 0 spiro atoms. The molecule has 208 valence electrons. The van der Waals surface area contributed by atoms with E-state index in [9.17, 15) is 5.11 Å². The number of hydrogen-bond donors (Lipinski definition) is 2. The Morgan fingerprint density at radius 1 is 0.892 bits per heavy atom. The van der Waals surface area contributed by atoms with E-state index >= 15 is 0 Å². The second kappa shape index (κ2) is 9.22. The normalized spacial score (nSPS) is 53.3. The van der Waals surface area contributed by atoms with Crippen molar-refractivity contribution in [3.05, 3.63) is 23.3 Å². The van der Waals surface area contributed by atoms with Gasteiger partial charge in [0.2, 0.25) is 0 Å². The van der Waals surface area contributed by atoms with Gasteiger partial charge < -0.3 is 10.4 Å². The molecule has 0 heterocycles. The number of aliphatic hydroxyl groups excluding tert-OH is 1. The molecule has 2 nitrogen and oxygen atoms in total. The van der Waals surface area contributed by atoms with Gasteiger partial charge in [0.05, 0.1) is 0 Å². The van der Waals surface area contributed by atoms with Gasteiger partial charge in [-0.15, -0.1) is 0 Å². The van der Waals surface area contributed by atoms with Gasteiger partial charge in [0.25, 0.3) is 0 Å². The topological polar surface area (TPSA) is 32.3 Å². The van der Waals surface area contributed by atoms with E-state index in [-0.39, 0.29) is 0 Å². The molecule has 2 heteroatoms. The van der Waals surface area contributed by atoms with E-state index in [0.717, 1.165) is 42.6 Å². The van der Waals surface area contributed by atoms with E-state index in [0.29, 0.717) is 40.2 Å². The molecule has 6 rings (SSSR count). The fraction of sp³-hybridized carbons (Fsp3) is 0.886. The van der Waals surface area contributed by atoms with Crippen molar-refractivity contribution >= 4 is 0 Å². The number of allylic oxidation sites excluding steroid dienone is 4. The largest absolute Gasteiger partial charge is 0.396 e. The van der Waals surface area contributed by atoms with Crippen molar-refractivity contribution in [2.75, 3.05) is 13.2 Å². The zero-order valence-electron chi connectivity index (χ0n) is 25.0. The molecule has 10 unspecified atom stereocenters. The van der Waals surface area contributed by atoms with Crippen LogP contribution in [-0.2, 0) is 0 Å². The summed E-state index contributed by atoms with van der Waals surface area (Å²) in [5.74, 6) is 5.54. The lowest BCUT2D eigenvalue weighted by Crippen LogP contribution is -2.67. The van der Waals surface area contributed by atoms with Crippen molar-refractivity contribution in [1.82, 2.24) is 5.32 Å². The van der Waals surface area contributed by atoms with Crippen LogP contribution in [0.4, 0.5) is 0 Å². The van der Waals surface area contributed by atoms with Crippen LogP contribution in [0.15, 0.2) is 23.3 Å². The van der Waals surface area contributed by atoms with E-state index < -0.39 is 0 Å². The average Bonchev–Trinajstić information content (AvgIpc) is 3.21. The van der Waals surface area contributed by atoms with E-state index in [1.807, 2.05) is 0 Å². The van der Waals surface area contributed by atoms with Crippen LogP contribution >= 0.6 is 0 Å². The summed E-state index contributed by atoms with van der Waals surface area (Å²) in [4.78, 5) is 0. The molecular formula is C35H57NO. The average molecular weight is 508 g/mol. The minimum atomic E-state index is 0.356. The summed E-state index contributed by atoms with van der Waals surface area (Å²) in [6.07, 6.45) is 21.4. The number of nitrogens with one attached hydrogen (secondary N) is 1. The maximum absolute atomic E-state index is 9.62. The van der Waals surface area contributed by atoms with Crippen molar-refractivity contribution in [2.45, 2.75) is 124 Å². The fourth-order valence-electron chi connectivity index (χ4n) is 12.6. The molecule has 6 aliphatic carbocycles. The highest BCUT2D eigenvalue weighted by atomic mass is 16.3. The van der Waals surface area contributed by atoms with Crippen molar-refractivity contribution in [3.63, 3.8) is 0 Å². The Kier molecular flexibility index (Phi) is 6.63. The minimum Gasteiger partial charge on any atom is -0.396 e. The molecule has 0 bridgehead atoms. The number of rotatable bonds is 4. The SMILES string of the molecule is CCNC12CCC(C)C1C1CCC3C4(C)CC=C(C5=CCC(CO)CC5)C(C)C4CCC3(C)[C@]1(C)CC2. The summed E-state index contributed by atoms with van der Waals surface area (Å²) in [5, 5.41) is 13.7. The first kappa shape index (κ1) is 26.6. The van der Waals surface area contributed by atoms with Gasteiger partial charge >= 0.3 is 0 Å². The lowest BCUT2D eigenvalue weighted by molar-refractivity contribution is -0.215. The van der Waals surface area contributed by atoms with Gasteiger partial charge in [-0.1, -0.05) is 53.7 Å². The zero-order valence-corrected chi connectivity index (χ0v) is 25.0. The van der Waals surface area contributed by atoms with Crippen LogP contribution in [0.3, 0.4) is 0 Å². The summed E-state index contributed by atoms with van der Waals surface area (Å²) >= 11 is 0. The summed E-state index contributed by atoms with van der Waals surface area (Å²) in [6.45, 7) is 17.3. The number of aliphatic hydroxyl groups is 1. The Morgan fingerprint density at radius 2 is 1.70 bits per heavy atom. The van der Waals surface area contributed by atoms with Crippen LogP contribution in [-0.4, -0.2) is 23.8 Å². The summed E-state index contributed by atoms with van der Waals surface area (Å²) in [5.41, 5.74) is 5.17. The number of hydrogen-bond acceptors (Lipinski definition) is 2. The Bertz CT molecular complexity index is 947. The Balaban J connectivity index is 1.30. The molecule has 4 fully saturated rings. The quantitative estimate of drug-likeness (QED) is 0.401. The lowest BCUT2D eigenvalue weighted by Gasteiger charge is -2.71. The minimum absolute atomic E-state index is 0.356. The van der Waals surface area contributed by atoms with Gasteiger partial charge in [0.1, 0.15) is 0 Å². The van der Waals surface area contributed by atoms with E-state index in [2.05, 4.69) is 59.0 Å². The molecule has 2 N–H and O–H groups in total. The van der Waals surface area contributed by atoms with E-state index in [4.69, 9.17) is 0 Å². The molecule has 0 radical (unpaired) electrons. The first-order chi connectivity index (χ1) is 17.6. The third-order valence-corrected chi connectivity index (χ3v) is 14.6. The molecule has 11 atom stereocenters. The van der Waals surface area contributed by atoms with Crippen LogP contribution in [0, 0.1) is 57.7 Å². The molecular weight excluding hydrogens is 450 g/mol. The van der Waals surface area contributed by atoms with Gasteiger partial charge in [-0.25, -0.2) is 0 Å². The molecule has 4 saturated carbocycles. The van der Waals surface area contributed by atoms with Gasteiger partial charge in [-0.2, -0.15) is 0 Å². The van der Waals surface area contributed by atoms with Gasteiger partial charge in [0.15, 0.2) is 0 Å². The maximum atomic E-state index is 9.62. The highest BCUT2D eigenvalue weighted by Crippen LogP contribution is 2.75. The molecule has 37 heavy (non-hydrogen) atoms. The standard InChI is InChI=1S/C35H57NO/c1-7-36-35-19-14-23(2)31(35)29-12-13-30-32(4)17-15-27(26-10-8-25(22-37)9-11-26)24(3)28(32)16-18-34(30,6)33(29,5)20-21-35/h10,15,23-25,28-31,36-37H,7-9,11-14,16-22H2,1-6H3/t23?,24?,25?,28?,29?,30?,31?,32?,33-,34?,35?/m1/s1. The smallest absolute Gasteiger partial charge is 0.0462 e. The molecule has 6 aliphatic rings. The van der Waals surface area contributed by atoms with Crippen LogP contribution in [0.25, 0.3) is 0 Å². The van der Waals surface area contributed by atoms with Gasteiger partial charge in [-0.3, -0.25) is 0 Å². The van der Waals surface area contributed by atoms with E-state index in [1.165, 1.54) is 70.6 Å². The summed E-state index contributed by atoms with van der Waals surface area (Å²) < 4.78 is 0. The molecule has 0 aliphatic heterocycles. The second-order valence-electron chi connectivity index (χ2n) is 15.7. The first-order valence-electron chi connectivity index (χ1n) is 16.4. The highest BCUT2D eigenvalue weighted by molar-refractivity contribution is 5.38. The van der Waals surface area contributed by atoms with Crippen LogP contribution < -0.4 is 5.32 Å². The monoisotopic (exact) mass is 507 g/mol. The van der Waals surface area contributed by atoms with Crippen LogP contribution in [0.2, 0.25) is 0 Å². The van der Waals surface area contributed by atoms with Gasteiger partial charge in [0, 0.05) is 12.1 Å². The molecule has 0 aromatic heterocycles. The third kappa shape index (κ3) is 3.62. The Labute approximate surface area is 228 Å². The predicted molar refractivity (Wildman–Crippen MR) is 155 cm³/mol. The van der Waals surface area contributed by atoms with E-state index in [1.54, 1.807) is 11.1 Å². The second-order valence-corrected chi connectivity index (χ2v) is 15.7. The van der Waals surface area contributed by atoms with Crippen molar-refractivity contribution in [3.8, 4) is 0 Å². The molecule has 0 amide bonds. The molecule has 0 saturated heterocycles. The molecule has 0 aromatic rings. The van der Waals surface area contributed by atoms with Crippen molar-refractivity contribution in [1.29, 1.82) is 0 Å². The number of fused-ring (bicyclic) bond motifs is 7. The third-order valence-electron chi connectivity index (χ3n) is 14.6. The zero-order chi connectivity index (χ0) is 26.2. The Morgan fingerprint density at radius 3 is 2.41 bits per heavy atom. The van der Waals surface area contributed by atoms with Crippen molar-refractivity contribution < 1.29 is 5.11 Å². The van der Waals surface area contributed by atoms with Gasteiger partial charge in [-0.05, 0) is 152 Å². The maximum Gasteiger partial charge on any atom is 0.0462 e. The fourth-order valence-corrected chi connectivity index (χ4v) is 12.6. The first-order valence-corrected chi connectivity index (χ1v) is 16.4.